The fourth-order valence-corrected chi connectivity index (χ4v) is 6.24. The molecule has 0 bridgehead atoms. The van der Waals surface area contributed by atoms with Crippen molar-refractivity contribution in [1.29, 1.82) is 0 Å². The van der Waals surface area contributed by atoms with E-state index in [2.05, 4.69) is 20.9 Å². The van der Waals surface area contributed by atoms with Gasteiger partial charge in [0.15, 0.2) is 0 Å². The van der Waals surface area contributed by atoms with E-state index in [1.165, 1.54) is 0 Å². The van der Waals surface area contributed by atoms with Gasteiger partial charge in [-0.2, -0.15) is 0 Å². The molecule has 1 aliphatic carbocycles. The summed E-state index contributed by atoms with van der Waals surface area (Å²) in [5.74, 6) is -0.443. The van der Waals surface area contributed by atoms with Crippen LogP contribution in [0.2, 0.25) is 0 Å². The van der Waals surface area contributed by atoms with E-state index in [-0.39, 0.29) is 36.1 Å². The van der Waals surface area contributed by atoms with Gasteiger partial charge in [0.05, 0.1) is 5.92 Å². The Morgan fingerprint density at radius 1 is 0.975 bits per heavy atom. The van der Waals surface area contributed by atoms with Crippen LogP contribution in [0.3, 0.4) is 0 Å². The summed E-state index contributed by atoms with van der Waals surface area (Å²) in [4.78, 5) is 38.4. The predicted molar refractivity (Wildman–Crippen MR) is 152 cm³/mol. The van der Waals surface area contributed by atoms with Crippen LogP contribution < -0.4 is 16.0 Å². The summed E-state index contributed by atoms with van der Waals surface area (Å²) >= 11 is 0. The molecule has 40 heavy (non-hydrogen) atoms. The Kier molecular flexibility index (Phi) is 9.21. The molecular weight excluding hydrogens is 508 g/mol. The Morgan fingerprint density at radius 3 is 2.42 bits per heavy atom. The van der Waals surface area contributed by atoms with Gasteiger partial charge in [-0.25, -0.2) is 4.79 Å². The maximum Gasteiger partial charge on any atom is 0.407 e. The van der Waals surface area contributed by atoms with Crippen molar-refractivity contribution >= 4 is 23.6 Å². The van der Waals surface area contributed by atoms with Crippen LogP contribution in [0.15, 0.2) is 48.5 Å². The number of piperidine rings is 2. The Morgan fingerprint density at radius 2 is 1.73 bits per heavy atom. The van der Waals surface area contributed by atoms with Crippen LogP contribution >= 0.6 is 0 Å². The number of carbonyl (C=O) groups excluding carboxylic acids is 3. The lowest BCUT2D eigenvalue weighted by atomic mass is 9.87. The van der Waals surface area contributed by atoms with Crippen LogP contribution in [-0.4, -0.2) is 59.6 Å². The number of phenols is 1. The second kappa shape index (κ2) is 13.2. The Hall–Kier alpha value is -3.59. The second-order valence-corrected chi connectivity index (χ2v) is 11.3. The molecule has 4 N–H and O–H groups in total. The third kappa shape index (κ3) is 7.33. The van der Waals surface area contributed by atoms with Crippen LogP contribution in [0.5, 0.6) is 5.75 Å². The zero-order valence-electron chi connectivity index (χ0n) is 22.9. The molecule has 2 aliphatic heterocycles. The molecule has 0 aromatic heterocycles. The van der Waals surface area contributed by atoms with Gasteiger partial charge < -0.3 is 25.4 Å². The molecule has 9 heteroatoms. The molecule has 5 rings (SSSR count). The van der Waals surface area contributed by atoms with Gasteiger partial charge in [-0.15, -0.1) is 0 Å². The summed E-state index contributed by atoms with van der Waals surface area (Å²) in [6, 6.07) is 15.8. The summed E-state index contributed by atoms with van der Waals surface area (Å²) in [6.45, 7) is 3.29. The van der Waals surface area contributed by atoms with Gasteiger partial charge in [-0.05, 0) is 75.6 Å². The first-order valence-electron chi connectivity index (χ1n) is 14.6. The van der Waals surface area contributed by atoms with Crippen molar-refractivity contribution in [2.24, 2.45) is 5.92 Å². The normalized spacial score (nSPS) is 24.2. The first kappa shape index (κ1) is 28.0. The summed E-state index contributed by atoms with van der Waals surface area (Å²) in [5, 5.41) is 19.4. The highest BCUT2D eigenvalue weighted by Crippen LogP contribution is 2.34. The minimum Gasteiger partial charge on any atom is -0.508 e. The molecule has 3 amide bonds. The first-order valence-corrected chi connectivity index (χ1v) is 14.6. The highest BCUT2D eigenvalue weighted by atomic mass is 16.5. The van der Waals surface area contributed by atoms with Gasteiger partial charge in [-0.3, -0.25) is 14.9 Å². The maximum absolute atomic E-state index is 12.2. The number of likely N-dealkylation sites (tertiary alicyclic amines) is 1. The number of ether oxygens (including phenoxy) is 1. The number of rotatable bonds is 8. The van der Waals surface area contributed by atoms with Crippen molar-refractivity contribution in [2.75, 3.05) is 25.0 Å². The molecule has 2 aromatic carbocycles. The lowest BCUT2D eigenvalue weighted by molar-refractivity contribution is -0.134. The van der Waals surface area contributed by atoms with Gasteiger partial charge in [0.25, 0.3) is 0 Å². The molecule has 1 unspecified atom stereocenters. The molecule has 3 fully saturated rings. The van der Waals surface area contributed by atoms with Gasteiger partial charge >= 0.3 is 6.09 Å². The highest BCUT2D eigenvalue weighted by Gasteiger charge is 2.31. The van der Waals surface area contributed by atoms with Gasteiger partial charge in [0, 0.05) is 42.4 Å². The van der Waals surface area contributed by atoms with Crippen molar-refractivity contribution < 1.29 is 24.2 Å². The quantitative estimate of drug-likeness (QED) is 0.364. The topological polar surface area (TPSA) is 120 Å². The lowest BCUT2D eigenvalue weighted by Crippen LogP contribution is -2.47. The molecule has 2 saturated heterocycles. The number of phenolic OH excluding ortho intramolecular Hbond substituents is 1. The molecular formula is C31H40N4O5. The molecule has 1 atom stereocenters. The van der Waals surface area contributed by atoms with Crippen LogP contribution in [0, 0.1) is 5.92 Å². The summed E-state index contributed by atoms with van der Waals surface area (Å²) < 4.78 is 5.38. The molecule has 0 radical (unpaired) electrons. The largest absolute Gasteiger partial charge is 0.508 e. The lowest BCUT2D eigenvalue weighted by Gasteiger charge is -2.41. The number of carbonyl (C=O) groups is 3. The number of nitrogens with zero attached hydrogens (tertiary/aromatic N) is 1. The van der Waals surface area contributed by atoms with Crippen molar-refractivity contribution in [3.63, 3.8) is 0 Å². The van der Waals surface area contributed by atoms with Gasteiger partial charge in [0.1, 0.15) is 12.4 Å². The fraction of sp³-hybridized carbons (Fsp3) is 0.516. The first-order chi connectivity index (χ1) is 19.4. The monoisotopic (exact) mass is 548 g/mol. The minimum atomic E-state index is -0.490. The number of nitrogens with one attached hydrogen (secondary N) is 3. The maximum atomic E-state index is 12.2. The van der Waals surface area contributed by atoms with Crippen LogP contribution in [-0.2, 0) is 20.9 Å². The molecule has 9 nitrogen and oxygen atoms in total. The summed E-state index contributed by atoms with van der Waals surface area (Å²) in [6.07, 6.45) is 6.75. The Bertz CT molecular complexity index is 1170. The standard InChI is InChI=1S/C31H40N4O5/c36-28-18-24(8-11-26(28)27-12-13-29(37)34-30(27)38)32-19-21-14-16-35(17-15-21)25-9-6-23(7-10-25)33-31(39)40-20-22-4-2-1-3-5-22/h1-5,8,11,18,21,23,25,27,32,36H,6-7,9-10,12-17,19-20H2,(H,33,39)(H,34,37,38). The van der Waals surface area contributed by atoms with E-state index in [0.717, 1.165) is 69.4 Å². The van der Waals surface area contributed by atoms with Crippen molar-refractivity contribution in [3.05, 3.63) is 59.7 Å². The van der Waals surface area contributed by atoms with Gasteiger partial charge in [-0.1, -0.05) is 36.4 Å². The van der Waals surface area contributed by atoms with E-state index in [0.29, 0.717) is 30.6 Å². The number of amides is 3. The number of benzene rings is 2. The van der Waals surface area contributed by atoms with E-state index in [1.807, 2.05) is 36.4 Å². The third-order valence-electron chi connectivity index (χ3n) is 8.64. The van der Waals surface area contributed by atoms with Crippen LogP contribution in [0.4, 0.5) is 10.5 Å². The SMILES string of the molecule is O=C1CCC(c2ccc(NCC3CCN(C4CCC(NC(=O)OCc5ccccc5)CC4)CC3)cc2O)C(=O)N1. The summed E-state index contributed by atoms with van der Waals surface area (Å²) in [7, 11) is 0. The van der Waals surface area contributed by atoms with Crippen LogP contribution in [0.1, 0.15) is 68.4 Å². The van der Waals surface area contributed by atoms with E-state index < -0.39 is 5.92 Å². The van der Waals surface area contributed by atoms with Crippen molar-refractivity contribution in [3.8, 4) is 5.75 Å². The van der Waals surface area contributed by atoms with E-state index >= 15 is 0 Å². The number of alkyl carbamates (subject to hydrolysis) is 1. The number of imide groups is 1. The Labute approximate surface area is 235 Å². The predicted octanol–water partition coefficient (Wildman–Crippen LogP) is 4.27. The van der Waals surface area contributed by atoms with Crippen LogP contribution in [0.25, 0.3) is 0 Å². The average molecular weight is 549 g/mol. The molecule has 0 spiro atoms. The number of anilines is 1. The number of hydrogen-bond acceptors (Lipinski definition) is 7. The van der Waals surface area contributed by atoms with E-state index in [9.17, 15) is 19.5 Å². The number of hydrogen-bond donors (Lipinski definition) is 4. The van der Waals surface area contributed by atoms with Crippen molar-refractivity contribution in [2.45, 2.75) is 76.0 Å². The van der Waals surface area contributed by atoms with E-state index in [4.69, 9.17) is 4.74 Å². The Balaban J connectivity index is 0.992. The molecule has 214 valence electrons. The smallest absolute Gasteiger partial charge is 0.407 e. The molecule has 2 aromatic rings. The van der Waals surface area contributed by atoms with Gasteiger partial charge in [0.2, 0.25) is 11.8 Å². The van der Waals surface area contributed by atoms with E-state index in [1.54, 1.807) is 12.1 Å². The fourth-order valence-electron chi connectivity index (χ4n) is 6.24. The second-order valence-electron chi connectivity index (χ2n) is 11.3. The summed E-state index contributed by atoms with van der Waals surface area (Å²) in [5.41, 5.74) is 2.39. The molecule has 3 aliphatic rings. The minimum absolute atomic E-state index is 0.0869. The third-order valence-corrected chi connectivity index (χ3v) is 8.64. The highest BCUT2D eigenvalue weighted by molar-refractivity contribution is 6.01. The number of aromatic hydroxyl groups is 1. The molecule has 1 saturated carbocycles. The van der Waals surface area contributed by atoms with Crippen molar-refractivity contribution in [1.82, 2.24) is 15.5 Å². The zero-order chi connectivity index (χ0) is 27.9. The average Bonchev–Trinajstić information content (AvgIpc) is 2.97. The molecule has 2 heterocycles. The zero-order valence-corrected chi connectivity index (χ0v) is 22.9.